The molecule has 0 aliphatic carbocycles. The molecule has 0 fully saturated rings. The maximum Gasteiger partial charge on any atom is 0.0972 e. The van der Waals surface area contributed by atoms with E-state index in [1.54, 1.807) is 7.05 Å². The summed E-state index contributed by atoms with van der Waals surface area (Å²) in [5.41, 5.74) is 0. The van der Waals surface area contributed by atoms with Crippen molar-refractivity contribution in [3.05, 3.63) is 0 Å². The molecule has 82 valence electrons. The number of hydrogen-bond donors (Lipinski definition) is 1. The Morgan fingerprint density at radius 3 is 2.50 bits per heavy atom. The Kier molecular flexibility index (Phi) is 8.54. The van der Waals surface area contributed by atoms with Crippen LogP contribution in [0.3, 0.4) is 0 Å². The van der Waals surface area contributed by atoms with Crippen LogP contribution in [0.4, 0.5) is 0 Å². The minimum atomic E-state index is -0.110. The SMILES string of the molecule is CNC(C#N)CCOCCOC(C)C. The maximum atomic E-state index is 8.61. The normalized spacial score (nSPS) is 12.8. The standard InChI is InChI=1S/C10H20N2O2/c1-9(2)14-7-6-13-5-4-10(8-11)12-3/h9-10,12H,4-7H2,1-3H3. The van der Waals surface area contributed by atoms with E-state index in [1.165, 1.54) is 0 Å². The second-order valence-corrected chi connectivity index (χ2v) is 3.29. The molecule has 4 nitrogen and oxygen atoms in total. The third-order valence-corrected chi connectivity index (χ3v) is 1.73. The highest BCUT2D eigenvalue weighted by Crippen LogP contribution is 1.92. The Morgan fingerprint density at radius 1 is 1.29 bits per heavy atom. The van der Waals surface area contributed by atoms with Gasteiger partial charge < -0.3 is 14.8 Å². The van der Waals surface area contributed by atoms with Crippen molar-refractivity contribution in [2.75, 3.05) is 26.9 Å². The summed E-state index contributed by atoms with van der Waals surface area (Å²) >= 11 is 0. The summed E-state index contributed by atoms with van der Waals surface area (Å²) in [6.07, 6.45) is 0.970. The van der Waals surface area contributed by atoms with Gasteiger partial charge in [0.25, 0.3) is 0 Å². The fourth-order valence-electron chi connectivity index (χ4n) is 0.919. The third-order valence-electron chi connectivity index (χ3n) is 1.73. The molecule has 0 radical (unpaired) electrons. The zero-order valence-corrected chi connectivity index (χ0v) is 9.25. The highest BCUT2D eigenvalue weighted by molar-refractivity contribution is 4.87. The van der Waals surface area contributed by atoms with E-state index in [0.29, 0.717) is 26.2 Å². The van der Waals surface area contributed by atoms with Crippen LogP contribution in [0.25, 0.3) is 0 Å². The number of hydrogen-bond acceptors (Lipinski definition) is 4. The van der Waals surface area contributed by atoms with E-state index >= 15 is 0 Å². The first-order chi connectivity index (χ1) is 6.70. The number of ether oxygens (including phenoxy) is 2. The van der Waals surface area contributed by atoms with Crippen LogP contribution < -0.4 is 5.32 Å². The lowest BCUT2D eigenvalue weighted by Gasteiger charge is -2.09. The van der Waals surface area contributed by atoms with Gasteiger partial charge in [-0.25, -0.2) is 0 Å². The van der Waals surface area contributed by atoms with Crippen LogP contribution in [0.5, 0.6) is 0 Å². The van der Waals surface area contributed by atoms with E-state index in [0.717, 1.165) is 0 Å². The molecular formula is C10H20N2O2. The van der Waals surface area contributed by atoms with Crippen LogP contribution in [-0.2, 0) is 9.47 Å². The van der Waals surface area contributed by atoms with E-state index in [4.69, 9.17) is 14.7 Å². The lowest BCUT2D eigenvalue weighted by atomic mass is 10.2. The van der Waals surface area contributed by atoms with Crippen molar-refractivity contribution in [2.24, 2.45) is 0 Å². The van der Waals surface area contributed by atoms with Crippen LogP contribution in [-0.4, -0.2) is 39.0 Å². The Bertz CT molecular complexity index is 166. The van der Waals surface area contributed by atoms with Crippen molar-refractivity contribution in [1.29, 1.82) is 5.26 Å². The van der Waals surface area contributed by atoms with Crippen LogP contribution >= 0.6 is 0 Å². The van der Waals surface area contributed by atoms with Gasteiger partial charge in [0.05, 0.1) is 31.4 Å². The molecule has 1 N–H and O–H groups in total. The number of rotatable bonds is 8. The summed E-state index contributed by atoms with van der Waals surface area (Å²) in [6, 6.07) is 2.03. The highest BCUT2D eigenvalue weighted by Gasteiger charge is 2.02. The van der Waals surface area contributed by atoms with Crippen molar-refractivity contribution in [3.8, 4) is 6.07 Å². The van der Waals surface area contributed by atoms with Crippen molar-refractivity contribution < 1.29 is 9.47 Å². The van der Waals surface area contributed by atoms with Crippen LogP contribution in [0.1, 0.15) is 20.3 Å². The van der Waals surface area contributed by atoms with E-state index < -0.39 is 0 Å². The summed E-state index contributed by atoms with van der Waals surface area (Å²) in [7, 11) is 1.77. The zero-order chi connectivity index (χ0) is 10.8. The number of nitriles is 1. The van der Waals surface area contributed by atoms with Crippen LogP contribution in [0, 0.1) is 11.3 Å². The Labute approximate surface area is 86.2 Å². The molecule has 0 aromatic rings. The summed E-state index contributed by atoms with van der Waals surface area (Å²) in [6.45, 7) is 5.80. The van der Waals surface area contributed by atoms with E-state index in [1.807, 2.05) is 13.8 Å². The van der Waals surface area contributed by atoms with Crippen molar-refractivity contribution in [2.45, 2.75) is 32.4 Å². The average Bonchev–Trinajstić information content (AvgIpc) is 2.16. The molecule has 1 atom stereocenters. The molecule has 0 saturated heterocycles. The first-order valence-electron chi connectivity index (χ1n) is 4.97. The van der Waals surface area contributed by atoms with Gasteiger partial charge in [-0.1, -0.05) is 0 Å². The van der Waals surface area contributed by atoms with Gasteiger partial charge in [-0.05, 0) is 27.3 Å². The molecular weight excluding hydrogens is 180 g/mol. The van der Waals surface area contributed by atoms with Gasteiger partial charge in [0, 0.05) is 6.61 Å². The van der Waals surface area contributed by atoms with Gasteiger partial charge in [-0.2, -0.15) is 5.26 Å². The Morgan fingerprint density at radius 2 is 2.00 bits per heavy atom. The molecule has 0 amide bonds. The predicted molar refractivity (Wildman–Crippen MR) is 55.0 cm³/mol. The molecule has 0 bridgehead atoms. The highest BCUT2D eigenvalue weighted by atomic mass is 16.5. The summed E-state index contributed by atoms with van der Waals surface area (Å²) in [5.74, 6) is 0. The predicted octanol–water partition coefficient (Wildman–Crippen LogP) is 0.930. The summed E-state index contributed by atoms with van der Waals surface area (Å²) < 4.78 is 10.6. The molecule has 0 aliphatic heterocycles. The van der Waals surface area contributed by atoms with E-state index in [2.05, 4.69) is 11.4 Å². The second-order valence-electron chi connectivity index (χ2n) is 3.29. The molecule has 0 aromatic heterocycles. The van der Waals surface area contributed by atoms with Crippen molar-refractivity contribution in [3.63, 3.8) is 0 Å². The molecule has 14 heavy (non-hydrogen) atoms. The van der Waals surface area contributed by atoms with Crippen molar-refractivity contribution >= 4 is 0 Å². The smallest absolute Gasteiger partial charge is 0.0972 e. The Balaban J connectivity index is 3.17. The molecule has 0 rings (SSSR count). The van der Waals surface area contributed by atoms with Gasteiger partial charge in [0.2, 0.25) is 0 Å². The lowest BCUT2D eigenvalue weighted by Crippen LogP contribution is -2.25. The fraction of sp³-hybridized carbons (Fsp3) is 0.900. The molecule has 4 heteroatoms. The zero-order valence-electron chi connectivity index (χ0n) is 9.25. The van der Waals surface area contributed by atoms with Gasteiger partial charge in [-0.3, -0.25) is 0 Å². The third kappa shape index (κ3) is 7.99. The Hall–Kier alpha value is -0.630. The monoisotopic (exact) mass is 200 g/mol. The van der Waals surface area contributed by atoms with Gasteiger partial charge in [0.1, 0.15) is 0 Å². The maximum absolute atomic E-state index is 8.61. The van der Waals surface area contributed by atoms with Crippen LogP contribution in [0.15, 0.2) is 0 Å². The molecule has 0 saturated carbocycles. The minimum absolute atomic E-state index is 0.110. The number of nitrogens with one attached hydrogen (secondary N) is 1. The summed E-state index contributed by atoms with van der Waals surface area (Å²) in [4.78, 5) is 0. The molecule has 0 spiro atoms. The summed E-state index contributed by atoms with van der Waals surface area (Å²) in [5, 5.41) is 11.5. The van der Waals surface area contributed by atoms with E-state index in [9.17, 15) is 0 Å². The molecule has 0 aliphatic rings. The molecule has 0 heterocycles. The molecule has 0 aromatic carbocycles. The largest absolute Gasteiger partial charge is 0.379 e. The molecule has 1 unspecified atom stereocenters. The minimum Gasteiger partial charge on any atom is -0.379 e. The second kappa shape index (κ2) is 8.95. The first-order valence-corrected chi connectivity index (χ1v) is 4.97. The first kappa shape index (κ1) is 13.4. The fourth-order valence-corrected chi connectivity index (χ4v) is 0.919. The van der Waals surface area contributed by atoms with Crippen LogP contribution in [0.2, 0.25) is 0 Å². The van der Waals surface area contributed by atoms with Gasteiger partial charge in [-0.15, -0.1) is 0 Å². The number of nitrogens with zero attached hydrogens (tertiary/aromatic N) is 1. The van der Waals surface area contributed by atoms with E-state index in [-0.39, 0.29) is 12.1 Å². The topological polar surface area (TPSA) is 54.3 Å². The average molecular weight is 200 g/mol. The van der Waals surface area contributed by atoms with Gasteiger partial charge in [0.15, 0.2) is 0 Å². The quantitative estimate of drug-likeness (QED) is 0.592. The lowest BCUT2D eigenvalue weighted by molar-refractivity contribution is 0.0183. The van der Waals surface area contributed by atoms with Gasteiger partial charge >= 0.3 is 0 Å². The van der Waals surface area contributed by atoms with Crippen molar-refractivity contribution in [1.82, 2.24) is 5.32 Å².